The van der Waals surface area contributed by atoms with Gasteiger partial charge in [0, 0.05) is 0 Å². The van der Waals surface area contributed by atoms with Gasteiger partial charge >= 0.3 is 0 Å². The summed E-state index contributed by atoms with van der Waals surface area (Å²) in [7, 11) is 1.57. The van der Waals surface area contributed by atoms with Gasteiger partial charge in [0.1, 0.15) is 11.5 Å². The lowest BCUT2D eigenvalue weighted by Crippen LogP contribution is -2.30. The Balaban J connectivity index is 2.98. The van der Waals surface area contributed by atoms with Crippen molar-refractivity contribution < 1.29 is 14.3 Å². The zero-order chi connectivity index (χ0) is 12.3. The van der Waals surface area contributed by atoms with Crippen molar-refractivity contribution in [2.24, 2.45) is 5.73 Å². The van der Waals surface area contributed by atoms with E-state index in [1.807, 2.05) is 0 Å². The number of nitrogens with two attached hydrogens (primary N) is 1. The summed E-state index contributed by atoms with van der Waals surface area (Å²) in [4.78, 5) is 10.9. The number of benzene rings is 1. The molecule has 0 spiro atoms. The number of carbonyl (C=O) groups excluding carboxylic acids is 1. The third-order valence-corrected chi connectivity index (χ3v) is 3.15. The van der Waals surface area contributed by atoms with E-state index in [2.05, 4.69) is 31.9 Å². The smallest absolute Gasteiger partial charge is 0.258 e. The standard InChI is InChI=1S/C10H11Br2NO3/c1-5(10(13)14)16-9-4-6(11)8(15-2)3-7(9)12/h3-5H,1-2H3,(H2,13,14). The van der Waals surface area contributed by atoms with Crippen molar-refractivity contribution >= 4 is 37.8 Å². The van der Waals surface area contributed by atoms with Crippen LogP contribution >= 0.6 is 31.9 Å². The lowest BCUT2D eigenvalue weighted by Gasteiger charge is -2.14. The first-order valence-electron chi connectivity index (χ1n) is 4.44. The van der Waals surface area contributed by atoms with E-state index in [-0.39, 0.29) is 0 Å². The van der Waals surface area contributed by atoms with Gasteiger partial charge < -0.3 is 15.2 Å². The summed E-state index contributed by atoms with van der Waals surface area (Å²) in [5, 5.41) is 0. The van der Waals surface area contributed by atoms with E-state index in [9.17, 15) is 4.79 Å². The minimum Gasteiger partial charge on any atom is -0.496 e. The Morgan fingerprint density at radius 1 is 1.31 bits per heavy atom. The molecule has 0 aliphatic rings. The van der Waals surface area contributed by atoms with Gasteiger partial charge in [-0.15, -0.1) is 0 Å². The van der Waals surface area contributed by atoms with Crippen LogP contribution < -0.4 is 15.2 Å². The molecule has 0 saturated heterocycles. The summed E-state index contributed by atoms with van der Waals surface area (Å²) < 4.78 is 11.9. The summed E-state index contributed by atoms with van der Waals surface area (Å²) in [5.41, 5.74) is 5.11. The van der Waals surface area contributed by atoms with Crippen molar-refractivity contribution in [1.29, 1.82) is 0 Å². The van der Waals surface area contributed by atoms with E-state index in [4.69, 9.17) is 15.2 Å². The average Bonchev–Trinajstić information content (AvgIpc) is 2.22. The Kier molecular flexibility index (Phi) is 4.61. The average molecular weight is 353 g/mol. The van der Waals surface area contributed by atoms with Crippen molar-refractivity contribution in [2.75, 3.05) is 7.11 Å². The Bertz CT molecular complexity index is 409. The van der Waals surface area contributed by atoms with Gasteiger partial charge in [-0.05, 0) is 50.9 Å². The number of methoxy groups -OCH3 is 1. The largest absolute Gasteiger partial charge is 0.496 e. The van der Waals surface area contributed by atoms with Gasteiger partial charge in [0.25, 0.3) is 5.91 Å². The molecule has 1 aromatic carbocycles. The third-order valence-electron chi connectivity index (χ3n) is 1.91. The molecule has 6 heteroatoms. The highest BCUT2D eigenvalue weighted by Crippen LogP contribution is 2.36. The second-order valence-electron chi connectivity index (χ2n) is 3.08. The maximum absolute atomic E-state index is 10.9. The van der Waals surface area contributed by atoms with E-state index in [1.165, 1.54) is 0 Å². The molecule has 1 aromatic rings. The van der Waals surface area contributed by atoms with E-state index < -0.39 is 12.0 Å². The van der Waals surface area contributed by atoms with Crippen LogP contribution in [0.2, 0.25) is 0 Å². The van der Waals surface area contributed by atoms with Crippen LogP contribution in [0.3, 0.4) is 0 Å². The van der Waals surface area contributed by atoms with Gasteiger partial charge in [0.05, 0.1) is 16.1 Å². The van der Waals surface area contributed by atoms with Crippen molar-refractivity contribution in [2.45, 2.75) is 13.0 Å². The third kappa shape index (κ3) is 3.12. The van der Waals surface area contributed by atoms with Crippen molar-refractivity contribution in [3.8, 4) is 11.5 Å². The fourth-order valence-corrected chi connectivity index (χ4v) is 1.91. The maximum atomic E-state index is 10.9. The lowest BCUT2D eigenvalue weighted by molar-refractivity contribution is -0.124. The van der Waals surface area contributed by atoms with Crippen LogP contribution in [0.4, 0.5) is 0 Å². The molecule has 0 bridgehead atoms. The molecule has 1 unspecified atom stereocenters. The van der Waals surface area contributed by atoms with Gasteiger partial charge in [0.15, 0.2) is 6.10 Å². The minimum absolute atomic E-state index is 0.515. The van der Waals surface area contributed by atoms with Crippen molar-refractivity contribution in [1.82, 2.24) is 0 Å². The Morgan fingerprint density at radius 3 is 2.31 bits per heavy atom. The molecule has 0 heterocycles. The van der Waals surface area contributed by atoms with E-state index >= 15 is 0 Å². The molecule has 0 aliphatic heterocycles. The number of halogens is 2. The predicted octanol–water partition coefficient (Wildman–Crippen LogP) is 2.47. The molecular formula is C10H11Br2NO3. The molecule has 0 aliphatic carbocycles. The quantitative estimate of drug-likeness (QED) is 0.905. The predicted molar refractivity (Wildman–Crippen MR) is 67.7 cm³/mol. The molecule has 1 atom stereocenters. The zero-order valence-electron chi connectivity index (χ0n) is 8.79. The second-order valence-corrected chi connectivity index (χ2v) is 4.79. The molecule has 0 aromatic heterocycles. The lowest BCUT2D eigenvalue weighted by atomic mass is 10.3. The molecule has 0 saturated carbocycles. The number of primary amides is 1. The number of ether oxygens (including phenoxy) is 2. The maximum Gasteiger partial charge on any atom is 0.258 e. The van der Waals surface area contributed by atoms with Crippen LogP contribution in [0, 0.1) is 0 Å². The first-order chi connectivity index (χ1) is 7.45. The molecule has 0 radical (unpaired) electrons. The summed E-state index contributed by atoms with van der Waals surface area (Å²) in [6.45, 7) is 1.59. The fourth-order valence-electron chi connectivity index (χ4n) is 1.01. The number of rotatable bonds is 4. The van der Waals surface area contributed by atoms with Gasteiger partial charge in [-0.1, -0.05) is 0 Å². The molecule has 2 N–H and O–H groups in total. The van der Waals surface area contributed by atoms with Crippen LogP contribution in [-0.2, 0) is 4.79 Å². The number of hydrogen-bond donors (Lipinski definition) is 1. The van der Waals surface area contributed by atoms with Crippen LogP contribution in [0.5, 0.6) is 11.5 Å². The van der Waals surface area contributed by atoms with Gasteiger partial charge in [-0.3, -0.25) is 4.79 Å². The van der Waals surface area contributed by atoms with E-state index in [1.54, 1.807) is 26.2 Å². The van der Waals surface area contributed by atoms with Gasteiger partial charge in [0.2, 0.25) is 0 Å². The van der Waals surface area contributed by atoms with Crippen LogP contribution in [0.15, 0.2) is 21.1 Å². The molecule has 4 nitrogen and oxygen atoms in total. The highest BCUT2D eigenvalue weighted by atomic mass is 79.9. The normalized spacial score (nSPS) is 12.0. The molecule has 88 valence electrons. The Morgan fingerprint density at radius 2 is 1.81 bits per heavy atom. The first-order valence-corrected chi connectivity index (χ1v) is 6.03. The monoisotopic (exact) mass is 351 g/mol. The molecule has 1 amide bonds. The van der Waals surface area contributed by atoms with Gasteiger partial charge in [-0.25, -0.2) is 0 Å². The van der Waals surface area contributed by atoms with E-state index in [0.29, 0.717) is 16.0 Å². The minimum atomic E-state index is -0.684. The zero-order valence-corrected chi connectivity index (χ0v) is 12.0. The number of amides is 1. The summed E-state index contributed by atoms with van der Waals surface area (Å²) in [5.74, 6) is 0.684. The van der Waals surface area contributed by atoms with Crippen LogP contribution in [-0.4, -0.2) is 19.1 Å². The van der Waals surface area contributed by atoms with E-state index in [0.717, 1.165) is 4.47 Å². The van der Waals surface area contributed by atoms with Crippen LogP contribution in [0.25, 0.3) is 0 Å². The second kappa shape index (κ2) is 5.54. The summed E-state index contributed by atoms with van der Waals surface area (Å²) >= 11 is 6.65. The molecule has 16 heavy (non-hydrogen) atoms. The first kappa shape index (κ1) is 13.3. The highest BCUT2D eigenvalue weighted by molar-refractivity contribution is 9.11. The summed E-state index contributed by atoms with van der Waals surface area (Å²) in [6, 6.07) is 3.45. The Hall–Kier alpha value is -0.750. The molecule has 1 rings (SSSR count). The fraction of sp³-hybridized carbons (Fsp3) is 0.300. The number of hydrogen-bond acceptors (Lipinski definition) is 3. The van der Waals surface area contributed by atoms with Gasteiger partial charge in [-0.2, -0.15) is 0 Å². The SMILES string of the molecule is COc1cc(Br)c(OC(C)C(N)=O)cc1Br. The van der Waals surface area contributed by atoms with Crippen molar-refractivity contribution in [3.63, 3.8) is 0 Å². The van der Waals surface area contributed by atoms with Crippen LogP contribution in [0.1, 0.15) is 6.92 Å². The highest BCUT2D eigenvalue weighted by Gasteiger charge is 2.14. The molecular weight excluding hydrogens is 342 g/mol. The topological polar surface area (TPSA) is 61.6 Å². The number of carbonyl (C=O) groups is 1. The van der Waals surface area contributed by atoms with Crippen molar-refractivity contribution in [3.05, 3.63) is 21.1 Å². The molecule has 0 fully saturated rings. The summed E-state index contributed by atoms with van der Waals surface area (Å²) in [6.07, 6.45) is -0.684. The Labute approximate surface area is 110 Å².